The van der Waals surface area contributed by atoms with Crippen LogP contribution in [0.2, 0.25) is 0 Å². The lowest BCUT2D eigenvalue weighted by molar-refractivity contribution is 0.358. The molecule has 0 bridgehead atoms. The smallest absolute Gasteiger partial charge is 0.165 e. The van der Waals surface area contributed by atoms with Gasteiger partial charge in [-0.05, 0) is 62.4 Å². The van der Waals surface area contributed by atoms with Crippen molar-refractivity contribution in [1.29, 1.82) is 0 Å². The molecule has 0 radical (unpaired) electrons. The Bertz CT molecular complexity index is 348. The van der Waals surface area contributed by atoms with Crippen molar-refractivity contribution < 1.29 is 9.50 Å². The van der Waals surface area contributed by atoms with Gasteiger partial charge in [0, 0.05) is 0 Å². The summed E-state index contributed by atoms with van der Waals surface area (Å²) in [5.74, 6) is -0.0621. The van der Waals surface area contributed by atoms with Crippen molar-refractivity contribution in [3.8, 4) is 5.75 Å². The standard InChI is InChI=1S/C13H18FNO/c14-12-8-10(5-6-13(12)16)3-4-11-2-1-7-15-9-11/h5-6,8,11,15-16H,1-4,7,9H2. The lowest BCUT2D eigenvalue weighted by Gasteiger charge is -2.22. The molecule has 0 spiro atoms. The number of hydrogen-bond donors (Lipinski definition) is 2. The zero-order valence-corrected chi connectivity index (χ0v) is 9.38. The molecule has 3 heteroatoms. The molecule has 1 aliphatic rings. The molecular formula is C13H18FNO. The van der Waals surface area contributed by atoms with Gasteiger partial charge in [0.15, 0.2) is 11.6 Å². The van der Waals surface area contributed by atoms with Crippen molar-refractivity contribution in [3.63, 3.8) is 0 Å². The van der Waals surface area contributed by atoms with Crippen LogP contribution in [0, 0.1) is 11.7 Å². The van der Waals surface area contributed by atoms with Crippen LogP contribution in [-0.4, -0.2) is 18.2 Å². The summed E-state index contributed by atoms with van der Waals surface area (Å²) in [5, 5.41) is 12.5. The highest BCUT2D eigenvalue weighted by molar-refractivity contribution is 5.28. The lowest BCUT2D eigenvalue weighted by Crippen LogP contribution is -2.29. The first kappa shape index (κ1) is 11.4. The molecular weight excluding hydrogens is 205 g/mol. The summed E-state index contributed by atoms with van der Waals surface area (Å²) in [5.41, 5.74) is 0.973. The number of aromatic hydroxyl groups is 1. The Kier molecular flexibility index (Phi) is 3.78. The number of rotatable bonds is 3. The predicted octanol–water partition coefficient (Wildman–Crippen LogP) is 2.46. The first-order chi connectivity index (χ1) is 7.75. The first-order valence-corrected chi connectivity index (χ1v) is 5.94. The molecule has 88 valence electrons. The summed E-state index contributed by atoms with van der Waals surface area (Å²) in [6.45, 7) is 2.21. The van der Waals surface area contributed by atoms with Gasteiger partial charge in [-0.1, -0.05) is 6.07 Å². The molecule has 1 atom stereocenters. The van der Waals surface area contributed by atoms with E-state index in [0.29, 0.717) is 5.92 Å². The fraction of sp³-hybridized carbons (Fsp3) is 0.538. The molecule has 1 aliphatic heterocycles. The number of halogens is 1. The fourth-order valence-corrected chi connectivity index (χ4v) is 2.25. The molecule has 0 amide bonds. The summed E-state index contributed by atoms with van der Waals surface area (Å²) in [6.07, 6.45) is 4.50. The largest absolute Gasteiger partial charge is 0.505 e. The highest BCUT2D eigenvalue weighted by Crippen LogP contribution is 2.20. The molecule has 2 nitrogen and oxygen atoms in total. The van der Waals surface area contributed by atoms with Gasteiger partial charge in [-0.2, -0.15) is 0 Å². The summed E-state index contributed by atoms with van der Waals surface area (Å²) in [4.78, 5) is 0. The molecule has 1 aromatic carbocycles. The topological polar surface area (TPSA) is 32.3 Å². The summed E-state index contributed by atoms with van der Waals surface area (Å²) < 4.78 is 13.1. The zero-order chi connectivity index (χ0) is 11.4. The molecule has 1 heterocycles. The third-order valence-electron chi connectivity index (χ3n) is 3.25. The van der Waals surface area contributed by atoms with Crippen molar-refractivity contribution in [2.75, 3.05) is 13.1 Å². The van der Waals surface area contributed by atoms with E-state index in [-0.39, 0.29) is 5.75 Å². The molecule has 16 heavy (non-hydrogen) atoms. The minimum absolute atomic E-state index is 0.261. The van der Waals surface area contributed by atoms with E-state index in [1.165, 1.54) is 25.0 Å². The van der Waals surface area contributed by atoms with Crippen molar-refractivity contribution in [2.45, 2.75) is 25.7 Å². The van der Waals surface area contributed by atoms with E-state index in [0.717, 1.165) is 31.5 Å². The summed E-state index contributed by atoms with van der Waals surface area (Å²) in [6, 6.07) is 4.67. The van der Waals surface area contributed by atoms with Gasteiger partial charge < -0.3 is 10.4 Å². The molecule has 2 rings (SSSR count). The Labute approximate surface area is 95.5 Å². The van der Waals surface area contributed by atoms with Gasteiger partial charge in [-0.3, -0.25) is 0 Å². The van der Waals surface area contributed by atoms with Crippen LogP contribution in [0.15, 0.2) is 18.2 Å². The molecule has 0 saturated carbocycles. The number of phenols is 1. The fourth-order valence-electron chi connectivity index (χ4n) is 2.25. The number of hydrogen-bond acceptors (Lipinski definition) is 2. The Morgan fingerprint density at radius 1 is 1.44 bits per heavy atom. The normalized spacial score (nSPS) is 20.9. The quantitative estimate of drug-likeness (QED) is 0.825. The average Bonchev–Trinajstić information content (AvgIpc) is 2.32. The Morgan fingerprint density at radius 2 is 2.31 bits per heavy atom. The minimum Gasteiger partial charge on any atom is -0.505 e. The number of aryl methyl sites for hydroxylation is 1. The highest BCUT2D eigenvalue weighted by Gasteiger charge is 2.12. The highest BCUT2D eigenvalue weighted by atomic mass is 19.1. The van der Waals surface area contributed by atoms with Crippen LogP contribution >= 0.6 is 0 Å². The van der Waals surface area contributed by atoms with Gasteiger partial charge >= 0.3 is 0 Å². The second-order valence-corrected chi connectivity index (χ2v) is 4.54. The zero-order valence-electron chi connectivity index (χ0n) is 9.38. The van der Waals surface area contributed by atoms with Crippen molar-refractivity contribution in [2.24, 2.45) is 5.92 Å². The average molecular weight is 223 g/mol. The summed E-state index contributed by atoms with van der Waals surface area (Å²) in [7, 11) is 0. The van der Waals surface area contributed by atoms with Crippen molar-refractivity contribution >= 4 is 0 Å². The van der Waals surface area contributed by atoms with Crippen LogP contribution < -0.4 is 5.32 Å². The molecule has 0 aliphatic carbocycles. The molecule has 2 N–H and O–H groups in total. The van der Waals surface area contributed by atoms with Crippen molar-refractivity contribution in [3.05, 3.63) is 29.6 Å². The lowest BCUT2D eigenvalue weighted by atomic mass is 9.93. The van der Waals surface area contributed by atoms with Gasteiger partial charge in [0.05, 0.1) is 0 Å². The van der Waals surface area contributed by atoms with Gasteiger partial charge in [-0.25, -0.2) is 4.39 Å². The van der Waals surface area contributed by atoms with Crippen LogP contribution in [0.25, 0.3) is 0 Å². The number of nitrogens with one attached hydrogen (secondary N) is 1. The Morgan fingerprint density at radius 3 is 3.00 bits per heavy atom. The Hall–Kier alpha value is -1.09. The second kappa shape index (κ2) is 5.30. The first-order valence-electron chi connectivity index (χ1n) is 5.94. The monoisotopic (exact) mass is 223 g/mol. The second-order valence-electron chi connectivity index (χ2n) is 4.54. The minimum atomic E-state index is -0.515. The van der Waals surface area contributed by atoms with Crippen LogP contribution in [0.5, 0.6) is 5.75 Å². The van der Waals surface area contributed by atoms with E-state index >= 15 is 0 Å². The van der Waals surface area contributed by atoms with E-state index < -0.39 is 5.82 Å². The van der Waals surface area contributed by atoms with Crippen LogP contribution in [-0.2, 0) is 6.42 Å². The maximum Gasteiger partial charge on any atom is 0.165 e. The predicted molar refractivity (Wildman–Crippen MR) is 62.0 cm³/mol. The van der Waals surface area contributed by atoms with Crippen LogP contribution in [0.1, 0.15) is 24.8 Å². The SMILES string of the molecule is Oc1ccc(CCC2CCCNC2)cc1F. The molecule has 1 fully saturated rings. The van der Waals surface area contributed by atoms with E-state index in [4.69, 9.17) is 5.11 Å². The number of piperidine rings is 1. The Balaban J connectivity index is 1.86. The third-order valence-corrected chi connectivity index (χ3v) is 3.25. The molecule has 1 aromatic rings. The van der Waals surface area contributed by atoms with Crippen LogP contribution in [0.3, 0.4) is 0 Å². The molecule has 1 saturated heterocycles. The van der Waals surface area contributed by atoms with Gasteiger partial charge in [-0.15, -0.1) is 0 Å². The molecule has 1 unspecified atom stereocenters. The number of phenolic OH excluding ortho intramolecular Hbond substituents is 1. The van der Waals surface area contributed by atoms with Gasteiger partial charge in [0.25, 0.3) is 0 Å². The van der Waals surface area contributed by atoms with E-state index in [1.54, 1.807) is 6.07 Å². The van der Waals surface area contributed by atoms with Gasteiger partial charge in [0.1, 0.15) is 0 Å². The van der Waals surface area contributed by atoms with Crippen LogP contribution in [0.4, 0.5) is 4.39 Å². The summed E-state index contributed by atoms with van der Waals surface area (Å²) >= 11 is 0. The van der Waals surface area contributed by atoms with E-state index in [1.807, 2.05) is 0 Å². The third kappa shape index (κ3) is 2.95. The van der Waals surface area contributed by atoms with E-state index in [2.05, 4.69) is 5.32 Å². The maximum absolute atomic E-state index is 13.1. The molecule has 0 aromatic heterocycles. The van der Waals surface area contributed by atoms with Crippen molar-refractivity contribution in [1.82, 2.24) is 5.32 Å². The van der Waals surface area contributed by atoms with Gasteiger partial charge in [0.2, 0.25) is 0 Å². The maximum atomic E-state index is 13.1. The van der Waals surface area contributed by atoms with E-state index in [9.17, 15) is 4.39 Å². The number of benzene rings is 1.